The number of Topliss-reactive ketones (excluding diaryl/α,β-unsaturated/α-hetero) is 2. The van der Waals surface area contributed by atoms with Crippen LogP contribution in [0.1, 0.15) is 92.4 Å². The van der Waals surface area contributed by atoms with Gasteiger partial charge in [-0.1, -0.05) is 35.1 Å². The molecular formula is C37H57N3O12. The third kappa shape index (κ3) is 8.42. The summed E-state index contributed by atoms with van der Waals surface area (Å²) in [6, 6.07) is 0.111. The van der Waals surface area contributed by atoms with Crippen molar-refractivity contribution in [1.82, 2.24) is 14.8 Å². The molecule has 3 saturated heterocycles. The number of aliphatic hydroxyl groups is 1. The van der Waals surface area contributed by atoms with Crippen LogP contribution in [0.2, 0.25) is 0 Å². The van der Waals surface area contributed by atoms with E-state index in [0.29, 0.717) is 12.7 Å². The smallest absolute Gasteiger partial charge is 0.418 e. The molecule has 1 amide bonds. The number of aldehydes is 1. The number of aliphatic hydroxyl groups excluding tert-OH is 1. The van der Waals surface area contributed by atoms with Gasteiger partial charge in [-0.3, -0.25) is 23.7 Å². The van der Waals surface area contributed by atoms with Gasteiger partial charge in [0.25, 0.3) is 0 Å². The van der Waals surface area contributed by atoms with Gasteiger partial charge < -0.3 is 39.0 Å². The number of esters is 1. The Hall–Kier alpha value is -3.66. The largest absolute Gasteiger partial charge is 0.458 e. The molecule has 2 N–H and O–H groups in total. The molecule has 3 fully saturated rings. The van der Waals surface area contributed by atoms with Gasteiger partial charge in [0.05, 0.1) is 12.1 Å². The minimum atomic E-state index is -1.79. The van der Waals surface area contributed by atoms with Crippen molar-refractivity contribution in [1.29, 1.82) is 0 Å². The maximum atomic E-state index is 14.3. The lowest BCUT2D eigenvalue weighted by Gasteiger charge is -2.47. The molecule has 4 heterocycles. The van der Waals surface area contributed by atoms with Gasteiger partial charge in [0.2, 0.25) is 0 Å². The van der Waals surface area contributed by atoms with Gasteiger partial charge in [-0.15, -0.1) is 0 Å². The molecule has 292 valence electrons. The lowest BCUT2D eigenvalue weighted by Crippen LogP contribution is -2.60. The molecule has 0 spiro atoms. The Kier molecular flexibility index (Phi) is 13.6. The fourth-order valence-corrected chi connectivity index (χ4v) is 7.93. The topological polar surface area (TPSA) is 189 Å². The third-order valence-corrected chi connectivity index (χ3v) is 10.8. The maximum Gasteiger partial charge on any atom is 0.418 e. The first-order valence-corrected chi connectivity index (χ1v) is 17.6. The number of carbonyl (C=O) groups is 6. The number of hydrogen-bond acceptors (Lipinski definition) is 13. The van der Waals surface area contributed by atoms with Crippen molar-refractivity contribution in [2.75, 3.05) is 14.1 Å². The van der Waals surface area contributed by atoms with E-state index in [2.05, 4.69) is 5.32 Å². The quantitative estimate of drug-likeness (QED) is 0.186. The summed E-state index contributed by atoms with van der Waals surface area (Å²) in [5, 5.41) is 14.2. The highest BCUT2D eigenvalue weighted by molar-refractivity contribution is 6.00. The number of ether oxygens (including phenoxy) is 5. The second kappa shape index (κ2) is 16.6. The number of amides is 1. The molecule has 0 bridgehead atoms. The molecule has 0 aliphatic carbocycles. The van der Waals surface area contributed by atoms with E-state index in [0.717, 1.165) is 4.57 Å². The number of hydrogen-bond donors (Lipinski definition) is 2. The number of likely N-dealkylation sites (N-methyl/N-ethyl adjacent to an activating group) is 1. The van der Waals surface area contributed by atoms with E-state index in [-0.39, 0.29) is 37.7 Å². The molecule has 52 heavy (non-hydrogen) atoms. The lowest BCUT2D eigenvalue weighted by atomic mass is 9.73. The Balaban J connectivity index is 0.00000729. The number of aromatic nitrogens is 1. The number of fused-ring (bicyclic) bond motifs is 1. The molecule has 4 rings (SSSR count). The van der Waals surface area contributed by atoms with Crippen molar-refractivity contribution in [2.45, 2.75) is 136 Å². The second-order valence-electron chi connectivity index (χ2n) is 15.0. The van der Waals surface area contributed by atoms with E-state index < -0.39 is 95.5 Å². The number of nitrogens with one attached hydrogen (secondary N) is 1. The van der Waals surface area contributed by atoms with Gasteiger partial charge in [-0.25, -0.2) is 9.59 Å². The van der Waals surface area contributed by atoms with Crippen LogP contribution in [0.15, 0.2) is 18.5 Å². The van der Waals surface area contributed by atoms with Crippen LogP contribution in [0.25, 0.3) is 0 Å². The molecule has 1 aromatic rings. The highest BCUT2D eigenvalue weighted by Crippen LogP contribution is 2.40. The van der Waals surface area contributed by atoms with Crippen LogP contribution in [-0.4, -0.2) is 119 Å². The molecule has 15 nitrogen and oxygen atoms in total. The number of nitrogens with zero attached hydrogens (tertiary/aromatic N) is 2. The van der Waals surface area contributed by atoms with Gasteiger partial charge in [0, 0.05) is 41.8 Å². The van der Waals surface area contributed by atoms with Crippen molar-refractivity contribution in [3.63, 3.8) is 0 Å². The van der Waals surface area contributed by atoms with E-state index in [9.17, 15) is 33.9 Å². The summed E-state index contributed by atoms with van der Waals surface area (Å²) < 4.78 is 31.4. The van der Waals surface area contributed by atoms with E-state index in [4.69, 9.17) is 23.7 Å². The molecule has 0 aromatic carbocycles. The van der Waals surface area contributed by atoms with Crippen LogP contribution in [0.3, 0.4) is 0 Å². The van der Waals surface area contributed by atoms with Crippen LogP contribution in [-0.2, 0) is 38.1 Å². The number of ketones is 2. The lowest BCUT2D eigenvalue weighted by molar-refractivity contribution is -0.292. The Bertz CT molecular complexity index is 1500. The predicted molar refractivity (Wildman–Crippen MR) is 187 cm³/mol. The summed E-state index contributed by atoms with van der Waals surface area (Å²) in [6.07, 6.45) is -3.27. The predicted octanol–water partition coefficient (Wildman–Crippen LogP) is 3.77. The normalized spacial score (nSPS) is 39.0. The van der Waals surface area contributed by atoms with E-state index in [1.165, 1.54) is 39.2 Å². The molecular weight excluding hydrogens is 678 g/mol. The zero-order valence-corrected chi connectivity index (χ0v) is 31.1. The van der Waals surface area contributed by atoms with E-state index >= 15 is 0 Å². The van der Waals surface area contributed by atoms with Gasteiger partial charge in [-0.05, 0) is 67.1 Å². The van der Waals surface area contributed by atoms with Gasteiger partial charge in [-0.2, -0.15) is 0 Å². The number of rotatable bonds is 6. The monoisotopic (exact) mass is 735 g/mol. The molecule has 0 radical (unpaired) electrons. The van der Waals surface area contributed by atoms with Crippen LogP contribution >= 0.6 is 0 Å². The fourth-order valence-electron chi connectivity index (χ4n) is 7.93. The van der Waals surface area contributed by atoms with Gasteiger partial charge in [0.15, 0.2) is 24.0 Å². The second-order valence-corrected chi connectivity index (χ2v) is 15.0. The highest BCUT2D eigenvalue weighted by Gasteiger charge is 2.57. The SMILES string of the molecule is C.CC[C@H]1OC(=O)[C@H](C)C(=O)[C@H](C)[C@@H](O[C@@H]2O[C@H](C)C[C@H](N(C)C)[C@H]2O)[C@](C)(OC(=O)n2ccc(C=O)c2)C[C@@H](C)C(=O)[C@H](C)[C@H]2NC(=O)O[C@@]21C. The van der Waals surface area contributed by atoms with Crippen molar-refractivity contribution < 1.29 is 57.6 Å². The van der Waals surface area contributed by atoms with Crippen LogP contribution in [0, 0.1) is 23.7 Å². The minimum Gasteiger partial charge on any atom is -0.458 e. The Morgan fingerprint density at radius 1 is 1.10 bits per heavy atom. The van der Waals surface area contributed by atoms with E-state index in [1.807, 2.05) is 11.8 Å². The maximum absolute atomic E-state index is 14.3. The van der Waals surface area contributed by atoms with Crippen molar-refractivity contribution in [3.05, 3.63) is 24.0 Å². The molecule has 1 aromatic heterocycles. The zero-order chi connectivity index (χ0) is 38.2. The average Bonchev–Trinajstić information content (AvgIpc) is 3.68. The Morgan fingerprint density at radius 3 is 2.33 bits per heavy atom. The molecule has 0 saturated carbocycles. The summed E-state index contributed by atoms with van der Waals surface area (Å²) in [4.78, 5) is 81.9. The third-order valence-electron chi connectivity index (χ3n) is 10.8. The van der Waals surface area contributed by atoms with Gasteiger partial charge >= 0.3 is 18.2 Å². The van der Waals surface area contributed by atoms with Crippen molar-refractivity contribution >= 4 is 36.0 Å². The Morgan fingerprint density at radius 2 is 1.75 bits per heavy atom. The van der Waals surface area contributed by atoms with Crippen LogP contribution < -0.4 is 5.32 Å². The first-order chi connectivity index (χ1) is 23.8. The number of alkyl carbamates (subject to hydrolysis) is 1. The summed E-state index contributed by atoms with van der Waals surface area (Å²) in [7, 11) is 3.61. The molecule has 0 unspecified atom stereocenters. The number of carbonyl (C=O) groups excluding carboxylic acids is 6. The summed E-state index contributed by atoms with van der Waals surface area (Å²) in [5.74, 6) is -6.11. The van der Waals surface area contributed by atoms with E-state index in [1.54, 1.807) is 41.8 Å². The summed E-state index contributed by atoms with van der Waals surface area (Å²) in [5.41, 5.74) is -3.03. The van der Waals surface area contributed by atoms with Gasteiger partial charge in [0.1, 0.15) is 35.6 Å². The van der Waals surface area contributed by atoms with Crippen LogP contribution in [0.4, 0.5) is 9.59 Å². The summed E-state index contributed by atoms with van der Waals surface area (Å²) in [6.45, 7) is 12.9. The molecule has 15 heteroatoms. The van der Waals surface area contributed by atoms with Crippen molar-refractivity contribution in [3.8, 4) is 0 Å². The Labute approximate surface area is 306 Å². The van der Waals surface area contributed by atoms with Crippen molar-refractivity contribution in [2.24, 2.45) is 23.7 Å². The molecule has 3 aliphatic heterocycles. The first kappa shape index (κ1) is 42.8. The first-order valence-electron chi connectivity index (χ1n) is 17.6. The minimum absolute atomic E-state index is 0. The fraction of sp³-hybridized carbons (Fsp3) is 0.730. The molecule has 3 aliphatic rings. The molecule has 13 atom stereocenters. The standard InChI is InChI=1S/C36H53N3O12.CH4/c1-11-25-36(8)29(37-33(45)50-36)20(4)26(41)18(2)15-35(7,51-34(46)39-13-12-23(16-39)17-40)30(21(5)27(42)22(6)31(44)48-25)49-32-28(43)24(38(9)10)14-19(3)47-32;/h12-13,16-22,24-25,28-30,32,43H,11,14-15H2,1-10H3,(H,37,45);1H4/t18-,19-,20+,21+,22-,24+,25-,28-,29-,30-,32+,35-,36-;/m1./s1. The summed E-state index contributed by atoms with van der Waals surface area (Å²) >= 11 is 0. The zero-order valence-electron chi connectivity index (χ0n) is 31.1. The average molecular weight is 736 g/mol. The van der Waals surface area contributed by atoms with Crippen LogP contribution in [0.5, 0.6) is 0 Å². The number of cyclic esters (lactones) is 1. The highest BCUT2D eigenvalue weighted by atomic mass is 16.7.